The molecule has 1 aliphatic rings. The molecule has 0 radical (unpaired) electrons. The highest BCUT2D eigenvalue weighted by Gasteiger charge is 2.26. The van der Waals surface area contributed by atoms with Crippen LogP contribution in [-0.2, 0) is 0 Å². The third-order valence-corrected chi connectivity index (χ3v) is 3.24. The molecule has 2 nitrogen and oxygen atoms in total. The number of hydrogen-bond acceptors (Lipinski definition) is 2. The average Bonchev–Trinajstić information content (AvgIpc) is 2.28. The van der Waals surface area contributed by atoms with E-state index in [4.69, 9.17) is 5.26 Å². The minimum atomic E-state index is 0.390. The number of piperidine rings is 1. The van der Waals surface area contributed by atoms with Gasteiger partial charge in [-0.05, 0) is 36.5 Å². The molecule has 1 aliphatic heterocycles. The van der Waals surface area contributed by atoms with Crippen molar-refractivity contribution in [1.29, 1.82) is 5.26 Å². The molecule has 0 spiro atoms. The molecule has 1 heterocycles. The Morgan fingerprint density at radius 3 is 2.88 bits per heavy atom. The van der Waals surface area contributed by atoms with Gasteiger partial charge >= 0.3 is 0 Å². The Balaban J connectivity index is 2.21. The Hall–Kier alpha value is -1.49. The summed E-state index contributed by atoms with van der Waals surface area (Å²) in [7, 11) is 0. The Kier molecular flexibility index (Phi) is 2.87. The van der Waals surface area contributed by atoms with E-state index >= 15 is 0 Å². The number of anilines is 1. The third-order valence-electron chi connectivity index (χ3n) is 3.24. The molecule has 1 saturated heterocycles. The van der Waals surface area contributed by atoms with Gasteiger partial charge in [0.1, 0.15) is 0 Å². The molecule has 0 atom stereocenters. The van der Waals surface area contributed by atoms with Crippen molar-refractivity contribution in [3.05, 3.63) is 29.8 Å². The summed E-state index contributed by atoms with van der Waals surface area (Å²) in [5, 5.41) is 8.89. The van der Waals surface area contributed by atoms with Gasteiger partial charge in [-0.1, -0.05) is 19.9 Å². The maximum Gasteiger partial charge on any atom is 0.0992 e. The van der Waals surface area contributed by atoms with Crippen LogP contribution in [0.1, 0.15) is 32.3 Å². The van der Waals surface area contributed by atoms with Gasteiger partial charge in [-0.2, -0.15) is 5.26 Å². The molecule has 0 bridgehead atoms. The minimum absolute atomic E-state index is 0.390. The largest absolute Gasteiger partial charge is 0.371 e. The molecule has 0 aromatic heterocycles. The minimum Gasteiger partial charge on any atom is -0.371 e. The second kappa shape index (κ2) is 4.17. The first-order valence-corrected chi connectivity index (χ1v) is 5.86. The van der Waals surface area contributed by atoms with Crippen molar-refractivity contribution in [3.63, 3.8) is 0 Å². The third kappa shape index (κ3) is 2.36. The zero-order valence-electron chi connectivity index (χ0n) is 10.0. The van der Waals surface area contributed by atoms with Crippen molar-refractivity contribution in [2.45, 2.75) is 26.7 Å². The fourth-order valence-electron chi connectivity index (χ4n) is 2.42. The van der Waals surface area contributed by atoms with Crippen LogP contribution in [-0.4, -0.2) is 13.1 Å². The van der Waals surface area contributed by atoms with E-state index in [1.165, 1.54) is 18.5 Å². The molecule has 1 fully saturated rings. The van der Waals surface area contributed by atoms with Crippen LogP contribution in [0.4, 0.5) is 5.69 Å². The topological polar surface area (TPSA) is 27.0 Å². The normalized spacial score (nSPS) is 19.2. The smallest absolute Gasteiger partial charge is 0.0992 e. The van der Waals surface area contributed by atoms with Crippen LogP contribution in [0.2, 0.25) is 0 Å². The lowest BCUT2D eigenvalue weighted by Crippen LogP contribution is -2.40. The summed E-state index contributed by atoms with van der Waals surface area (Å²) in [4.78, 5) is 2.39. The van der Waals surface area contributed by atoms with E-state index in [0.717, 1.165) is 18.7 Å². The van der Waals surface area contributed by atoms with E-state index < -0.39 is 0 Å². The number of hydrogen-bond donors (Lipinski definition) is 0. The molecule has 0 aliphatic carbocycles. The molecule has 1 aromatic rings. The van der Waals surface area contributed by atoms with Crippen molar-refractivity contribution in [1.82, 2.24) is 0 Å². The Morgan fingerprint density at radius 1 is 1.38 bits per heavy atom. The lowest BCUT2D eigenvalue weighted by atomic mass is 9.84. The Morgan fingerprint density at radius 2 is 2.19 bits per heavy atom. The fourth-order valence-corrected chi connectivity index (χ4v) is 2.42. The van der Waals surface area contributed by atoms with Crippen molar-refractivity contribution < 1.29 is 0 Å². The maximum absolute atomic E-state index is 8.89. The monoisotopic (exact) mass is 214 g/mol. The molecule has 0 N–H and O–H groups in total. The van der Waals surface area contributed by atoms with E-state index in [2.05, 4.69) is 30.9 Å². The number of rotatable bonds is 1. The molecular formula is C14H18N2. The highest BCUT2D eigenvalue weighted by Crippen LogP contribution is 2.31. The summed E-state index contributed by atoms with van der Waals surface area (Å²) < 4.78 is 0. The zero-order valence-corrected chi connectivity index (χ0v) is 10.0. The second-order valence-electron chi connectivity index (χ2n) is 5.35. The van der Waals surface area contributed by atoms with E-state index in [1.54, 1.807) is 0 Å². The molecule has 84 valence electrons. The first kappa shape index (κ1) is 11.0. The first-order valence-electron chi connectivity index (χ1n) is 5.86. The van der Waals surface area contributed by atoms with E-state index in [-0.39, 0.29) is 0 Å². The predicted molar refractivity (Wildman–Crippen MR) is 66.4 cm³/mol. The van der Waals surface area contributed by atoms with Crippen molar-refractivity contribution >= 4 is 5.69 Å². The molecule has 0 unspecified atom stereocenters. The van der Waals surface area contributed by atoms with Gasteiger partial charge in [0.2, 0.25) is 0 Å². The second-order valence-corrected chi connectivity index (χ2v) is 5.35. The van der Waals surface area contributed by atoms with Gasteiger partial charge in [-0.25, -0.2) is 0 Å². The summed E-state index contributed by atoms with van der Waals surface area (Å²) >= 11 is 0. The molecular weight excluding hydrogens is 196 g/mol. The van der Waals surface area contributed by atoms with Crippen LogP contribution in [0.15, 0.2) is 24.3 Å². The number of nitrogens with zero attached hydrogens (tertiary/aromatic N) is 2. The number of nitriles is 1. The standard InChI is InChI=1S/C14H18N2/c1-14(2)7-4-8-16(11-14)13-6-3-5-12(9-13)10-15/h3,5-6,9H,4,7-8,11H2,1-2H3. The summed E-state index contributed by atoms with van der Waals surface area (Å²) in [5.41, 5.74) is 2.33. The first-order chi connectivity index (χ1) is 7.61. The lowest BCUT2D eigenvalue weighted by molar-refractivity contribution is 0.293. The summed E-state index contributed by atoms with van der Waals surface area (Å²) in [5.74, 6) is 0. The number of benzene rings is 1. The van der Waals surface area contributed by atoms with Gasteiger partial charge in [0.25, 0.3) is 0 Å². The highest BCUT2D eigenvalue weighted by molar-refractivity contribution is 5.51. The molecule has 2 rings (SSSR count). The molecule has 0 saturated carbocycles. The Labute approximate surface area is 97.5 Å². The summed E-state index contributed by atoms with van der Waals surface area (Å²) in [6.45, 7) is 6.82. The van der Waals surface area contributed by atoms with Gasteiger partial charge in [-0.15, -0.1) is 0 Å². The SMILES string of the molecule is CC1(C)CCCN(c2cccc(C#N)c2)C1. The Bertz CT molecular complexity index is 415. The van der Waals surface area contributed by atoms with Crippen LogP contribution in [0, 0.1) is 16.7 Å². The lowest BCUT2D eigenvalue weighted by Gasteiger charge is -2.39. The molecule has 16 heavy (non-hydrogen) atoms. The van der Waals surface area contributed by atoms with Crippen LogP contribution in [0.25, 0.3) is 0 Å². The van der Waals surface area contributed by atoms with Gasteiger partial charge < -0.3 is 4.90 Å². The van der Waals surface area contributed by atoms with Gasteiger partial charge in [-0.3, -0.25) is 0 Å². The maximum atomic E-state index is 8.89. The van der Waals surface area contributed by atoms with Crippen LogP contribution in [0.3, 0.4) is 0 Å². The quantitative estimate of drug-likeness (QED) is 0.718. The molecule has 0 amide bonds. The van der Waals surface area contributed by atoms with Crippen molar-refractivity contribution in [3.8, 4) is 6.07 Å². The zero-order chi connectivity index (χ0) is 11.6. The van der Waals surface area contributed by atoms with Crippen LogP contribution < -0.4 is 4.90 Å². The predicted octanol–water partition coefficient (Wildman–Crippen LogP) is 3.18. The van der Waals surface area contributed by atoms with Gasteiger partial charge in [0.05, 0.1) is 11.6 Å². The van der Waals surface area contributed by atoms with E-state index in [0.29, 0.717) is 5.41 Å². The molecule has 2 heteroatoms. The van der Waals surface area contributed by atoms with Crippen LogP contribution in [0.5, 0.6) is 0 Å². The van der Waals surface area contributed by atoms with Gasteiger partial charge in [0.15, 0.2) is 0 Å². The van der Waals surface area contributed by atoms with Crippen LogP contribution >= 0.6 is 0 Å². The fraction of sp³-hybridized carbons (Fsp3) is 0.500. The molecule has 1 aromatic carbocycles. The van der Waals surface area contributed by atoms with E-state index in [9.17, 15) is 0 Å². The highest BCUT2D eigenvalue weighted by atomic mass is 15.1. The van der Waals surface area contributed by atoms with E-state index in [1.807, 2.05) is 18.2 Å². The summed E-state index contributed by atoms with van der Waals surface area (Å²) in [6, 6.07) is 10.1. The van der Waals surface area contributed by atoms with Crippen molar-refractivity contribution in [2.24, 2.45) is 5.41 Å². The van der Waals surface area contributed by atoms with Crippen molar-refractivity contribution in [2.75, 3.05) is 18.0 Å². The van der Waals surface area contributed by atoms with Gasteiger partial charge in [0, 0.05) is 18.8 Å². The average molecular weight is 214 g/mol. The summed E-state index contributed by atoms with van der Waals surface area (Å²) in [6.07, 6.45) is 2.53.